The summed E-state index contributed by atoms with van der Waals surface area (Å²) >= 11 is 6.98. The van der Waals surface area contributed by atoms with Crippen LogP contribution in [0.15, 0.2) is 23.0 Å². The van der Waals surface area contributed by atoms with E-state index in [0.717, 1.165) is 40.6 Å². The Kier molecular flexibility index (Phi) is 2.99. The highest BCUT2D eigenvalue weighted by atomic mass is 32.1. The van der Waals surface area contributed by atoms with Crippen LogP contribution in [0.2, 0.25) is 0 Å². The molecule has 0 atom stereocenters. The number of nitrogens with zero attached hydrogens (tertiary/aromatic N) is 1. The van der Waals surface area contributed by atoms with Crippen LogP contribution < -0.4 is 5.56 Å². The molecule has 22 heavy (non-hydrogen) atoms. The molecule has 6 heteroatoms. The number of H-pyrrole nitrogens is 1. The summed E-state index contributed by atoms with van der Waals surface area (Å²) in [5, 5.41) is 10.9. The Balaban J connectivity index is 2.10. The first-order valence-electron chi connectivity index (χ1n) is 7.16. The fourth-order valence-electron chi connectivity index (χ4n) is 3.12. The van der Waals surface area contributed by atoms with Crippen molar-refractivity contribution in [2.24, 2.45) is 0 Å². The summed E-state index contributed by atoms with van der Waals surface area (Å²) in [5.74, 6) is 0.0628. The molecule has 1 aliphatic carbocycles. The predicted molar refractivity (Wildman–Crippen MR) is 91.0 cm³/mol. The average Bonchev–Trinajstić information content (AvgIpc) is 3.00. The number of phenols is 1. The zero-order valence-electron chi connectivity index (χ0n) is 12.0. The van der Waals surface area contributed by atoms with E-state index in [0.29, 0.717) is 10.5 Å². The Morgan fingerprint density at radius 2 is 2.18 bits per heavy atom. The Morgan fingerprint density at radius 3 is 2.95 bits per heavy atom. The molecular formula is C16H14N2O2S2. The largest absolute Gasteiger partial charge is 0.506 e. The molecule has 2 N–H and O–H groups in total. The van der Waals surface area contributed by atoms with Crippen LogP contribution in [0.1, 0.15) is 22.4 Å². The maximum absolute atomic E-state index is 13.0. The highest BCUT2D eigenvalue weighted by Gasteiger charge is 2.22. The summed E-state index contributed by atoms with van der Waals surface area (Å²) in [5.41, 5.74) is 2.37. The fraction of sp³-hybridized carbons (Fsp3) is 0.250. The van der Waals surface area contributed by atoms with Crippen molar-refractivity contribution in [3.8, 4) is 11.4 Å². The lowest BCUT2D eigenvalue weighted by atomic mass is 10.2. The zero-order chi connectivity index (χ0) is 15.4. The molecule has 0 saturated carbocycles. The van der Waals surface area contributed by atoms with Crippen LogP contribution in [0.5, 0.6) is 5.75 Å². The number of rotatable bonds is 1. The summed E-state index contributed by atoms with van der Waals surface area (Å²) in [4.78, 5) is 18.3. The zero-order valence-corrected chi connectivity index (χ0v) is 13.6. The lowest BCUT2D eigenvalue weighted by molar-refractivity contribution is 0.471. The van der Waals surface area contributed by atoms with Gasteiger partial charge in [-0.25, -0.2) is 4.57 Å². The maximum Gasteiger partial charge on any atom is 0.268 e. The number of hydrogen-bond acceptors (Lipinski definition) is 4. The van der Waals surface area contributed by atoms with Gasteiger partial charge in [0.2, 0.25) is 0 Å². The Bertz CT molecular complexity index is 1030. The number of nitrogens with one attached hydrogen (secondary N) is 1. The molecule has 2 aromatic heterocycles. The van der Waals surface area contributed by atoms with E-state index >= 15 is 0 Å². The number of aryl methyl sites for hydroxylation is 3. The van der Waals surface area contributed by atoms with E-state index in [1.165, 1.54) is 9.44 Å². The number of fused-ring (bicyclic) bond motifs is 3. The molecule has 0 unspecified atom stereocenters. The molecule has 3 aromatic rings. The topological polar surface area (TPSA) is 58.0 Å². The van der Waals surface area contributed by atoms with E-state index in [1.807, 2.05) is 13.0 Å². The minimum absolute atomic E-state index is 0.0628. The molecule has 4 nitrogen and oxygen atoms in total. The predicted octanol–water partition coefficient (Wildman–Crippen LogP) is 3.61. The van der Waals surface area contributed by atoms with Gasteiger partial charge in [-0.05, 0) is 61.7 Å². The Morgan fingerprint density at radius 1 is 1.36 bits per heavy atom. The van der Waals surface area contributed by atoms with Crippen molar-refractivity contribution in [1.29, 1.82) is 0 Å². The minimum atomic E-state index is -0.141. The third-order valence-electron chi connectivity index (χ3n) is 4.13. The number of benzene rings is 1. The van der Waals surface area contributed by atoms with Crippen molar-refractivity contribution in [1.82, 2.24) is 9.55 Å². The van der Waals surface area contributed by atoms with E-state index < -0.39 is 0 Å². The summed E-state index contributed by atoms with van der Waals surface area (Å²) in [6.45, 7) is 1.89. The van der Waals surface area contributed by atoms with Crippen LogP contribution in [0.25, 0.3) is 15.9 Å². The smallest absolute Gasteiger partial charge is 0.268 e. The Hall–Kier alpha value is -1.92. The summed E-state index contributed by atoms with van der Waals surface area (Å²) < 4.78 is 1.72. The third kappa shape index (κ3) is 1.87. The first-order chi connectivity index (χ1) is 10.6. The molecule has 0 aliphatic heterocycles. The SMILES string of the molecule is Cc1ccc(-n2c(=S)[nH]c3sc4c(c3c2=O)CCC4)c(O)c1. The van der Waals surface area contributed by atoms with Gasteiger partial charge in [-0.3, -0.25) is 4.79 Å². The van der Waals surface area contributed by atoms with Gasteiger partial charge in [-0.15, -0.1) is 11.3 Å². The van der Waals surface area contributed by atoms with Crippen LogP contribution in [-0.2, 0) is 12.8 Å². The van der Waals surface area contributed by atoms with E-state index in [2.05, 4.69) is 4.98 Å². The molecule has 0 fully saturated rings. The van der Waals surface area contributed by atoms with Crippen molar-refractivity contribution in [3.63, 3.8) is 0 Å². The number of hydrogen-bond donors (Lipinski definition) is 2. The molecule has 0 spiro atoms. The van der Waals surface area contributed by atoms with Crippen molar-refractivity contribution in [3.05, 3.63) is 49.3 Å². The normalized spacial score (nSPS) is 13.7. The van der Waals surface area contributed by atoms with E-state index in [9.17, 15) is 9.90 Å². The van der Waals surface area contributed by atoms with Crippen molar-refractivity contribution in [2.75, 3.05) is 0 Å². The second kappa shape index (κ2) is 4.79. The first kappa shape index (κ1) is 13.7. The van der Waals surface area contributed by atoms with Crippen molar-refractivity contribution in [2.45, 2.75) is 26.2 Å². The van der Waals surface area contributed by atoms with Gasteiger partial charge in [0.15, 0.2) is 4.77 Å². The van der Waals surface area contributed by atoms with Gasteiger partial charge in [0.25, 0.3) is 5.56 Å². The Labute approximate surface area is 135 Å². The molecule has 1 aromatic carbocycles. The van der Waals surface area contributed by atoms with E-state index in [1.54, 1.807) is 23.5 Å². The van der Waals surface area contributed by atoms with Gasteiger partial charge in [0.1, 0.15) is 10.6 Å². The molecule has 0 saturated heterocycles. The summed E-state index contributed by atoms with van der Waals surface area (Å²) in [6, 6.07) is 5.23. The van der Waals surface area contributed by atoms with Crippen LogP contribution in [-0.4, -0.2) is 14.7 Å². The molecule has 0 amide bonds. The molecule has 4 rings (SSSR count). The second-order valence-corrected chi connectivity index (χ2v) is 7.12. The highest BCUT2D eigenvalue weighted by Crippen LogP contribution is 2.35. The molecule has 0 bridgehead atoms. The van der Waals surface area contributed by atoms with Crippen molar-refractivity contribution < 1.29 is 5.11 Å². The molecule has 2 heterocycles. The molecule has 0 radical (unpaired) electrons. The van der Waals surface area contributed by atoms with E-state index in [4.69, 9.17) is 12.2 Å². The van der Waals surface area contributed by atoms with E-state index in [-0.39, 0.29) is 11.3 Å². The van der Waals surface area contributed by atoms with Gasteiger partial charge in [0.05, 0.1) is 11.1 Å². The number of aromatic hydroxyl groups is 1. The fourth-order valence-corrected chi connectivity index (χ4v) is 4.75. The molecule has 112 valence electrons. The number of phenolic OH excluding ortho intramolecular Hbond substituents is 1. The lowest BCUT2D eigenvalue weighted by Gasteiger charge is -2.09. The van der Waals surface area contributed by atoms with Crippen LogP contribution in [0, 0.1) is 11.7 Å². The summed E-state index contributed by atoms with van der Waals surface area (Å²) in [6.07, 6.45) is 3.07. The van der Waals surface area contributed by atoms with Gasteiger partial charge in [-0.1, -0.05) is 6.07 Å². The van der Waals surface area contributed by atoms with Gasteiger partial charge >= 0.3 is 0 Å². The quantitative estimate of drug-likeness (QED) is 0.670. The molecular weight excluding hydrogens is 316 g/mol. The number of thiophene rings is 1. The molecule has 1 aliphatic rings. The number of aromatic nitrogens is 2. The van der Waals surface area contributed by atoms with Crippen LogP contribution >= 0.6 is 23.6 Å². The van der Waals surface area contributed by atoms with Crippen LogP contribution in [0.4, 0.5) is 0 Å². The van der Waals surface area contributed by atoms with Gasteiger partial charge < -0.3 is 10.1 Å². The highest BCUT2D eigenvalue weighted by molar-refractivity contribution is 7.71. The van der Waals surface area contributed by atoms with Gasteiger partial charge in [-0.2, -0.15) is 0 Å². The van der Waals surface area contributed by atoms with Crippen molar-refractivity contribution >= 4 is 33.8 Å². The second-order valence-electron chi connectivity index (χ2n) is 5.62. The standard InChI is InChI=1S/C16H14N2O2S2/c1-8-5-6-10(11(19)7-8)18-15(20)13-9-3-2-4-12(9)22-14(13)17-16(18)21/h5-7,19H,2-4H2,1H3,(H,17,21). The third-order valence-corrected chi connectivity index (χ3v) is 5.63. The van der Waals surface area contributed by atoms with Gasteiger partial charge in [0, 0.05) is 4.88 Å². The lowest BCUT2D eigenvalue weighted by Crippen LogP contribution is -2.20. The minimum Gasteiger partial charge on any atom is -0.506 e. The monoisotopic (exact) mass is 330 g/mol. The number of aromatic amines is 1. The summed E-state index contributed by atoms with van der Waals surface area (Å²) in [7, 11) is 0. The average molecular weight is 330 g/mol. The van der Waals surface area contributed by atoms with Crippen LogP contribution in [0.3, 0.4) is 0 Å². The maximum atomic E-state index is 13.0. The first-order valence-corrected chi connectivity index (χ1v) is 8.38.